The lowest BCUT2D eigenvalue weighted by Gasteiger charge is -2.03. The molecule has 0 radical (unpaired) electrons. The Hall–Kier alpha value is -0.430. The maximum atomic E-state index is 5.88. The van der Waals surface area contributed by atoms with Crippen LogP contribution >= 0.6 is 46.5 Å². The number of hydrogen-bond donors (Lipinski definition) is 1. The summed E-state index contributed by atoms with van der Waals surface area (Å²) in [6, 6.07) is 5.56. The first kappa shape index (κ1) is 13.0. The zero-order valence-electron chi connectivity index (χ0n) is 9.01. The Morgan fingerprint density at radius 3 is 2.76 bits per heavy atom. The van der Waals surface area contributed by atoms with Crippen molar-refractivity contribution in [2.75, 3.05) is 12.0 Å². The zero-order valence-corrected chi connectivity index (χ0v) is 12.2. The van der Waals surface area contributed by atoms with Crippen LogP contribution in [0.15, 0.2) is 26.9 Å². The summed E-state index contributed by atoms with van der Waals surface area (Å²) in [5, 5.41) is 8.80. The van der Waals surface area contributed by atoms with Crippen molar-refractivity contribution >= 4 is 52.1 Å². The van der Waals surface area contributed by atoms with Crippen molar-refractivity contribution < 1.29 is 0 Å². The number of benzene rings is 1. The molecule has 0 aliphatic rings. The molecular formula is C10H10ClN3S3. The van der Waals surface area contributed by atoms with Crippen molar-refractivity contribution in [3.8, 4) is 0 Å². The number of halogens is 1. The maximum absolute atomic E-state index is 5.88. The quantitative estimate of drug-likeness (QED) is 0.688. The Kier molecular flexibility index (Phi) is 4.55. The third-order valence-electron chi connectivity index (χ3n) is 2.02. The maximum Gasteiger partial charge on any atom is 0.175 e. The van der Waals surface area contributed by atoms with Crippen molar-refractivity contribution in [1.82, 2.24) is 10.2 Å². The largest absolute Gasteiger partial charge is 0.398 e. The highest BCUT2D eigenvalue weighted by molar-refractivity contribution is 8.02. The number of aromatic nitrogens is 2. The molecule has 1 heterocycles. The van der Waals surface area contributed by atoms with Crippen molar-refractivity contribution in [1.29, 1.82) is 0 Å². The van der Waals surface area contributed by atoms with Crippen molar-refractivity contribution in [2.45, 2.75) is 14.4 Å². The molecule has 7 heteroatoms. The molecule has 0 saturated carbocycles. The summed E-state index contributed by atoms with van der Waals surface area (Å²) in [5.41, 5.74) is 7.67. The van der Waals surface area contributed by atoms with Gasteiger partial charge in [-0.2, -0.15) is 0 Å². The van der Waals surface area contributed by atoms with Crippen LogP contribution in [-0.4, -0.2) is 16.5 Å². The number of rotatable bonds is 4. The summed E-state index contributed by atoms with van der Waals surface area (Å²) in [7, 11) is 0. The van der Waals surface area contributed by atoms with Gasteiger partial charge in [0.15, 0.2) is 8.68 Å². The number of nitrogens with two attached hydrogens (primary N) is 1. The average Bonchev–Trinajstić information content (AvgIpc) is 2.76. The van der Waals surface area contributed by atoms with E-state index in [-0.39, 0.29) is 0 Å². The van der Waals surface area contributed by atoms with E-state index in [4.69, 9.17) is 17.3 Å². The van der Waals surface area contributed by atoms with Gasteiger partial charge >= 0.3 is 0 Å². The second kappa shape index (κ2) is 5.95. The van der Waals surface area contributed by atoms with Crippen LogP contribution in [0, 0.1) is 0 Å². The van der Waals surface area contributed by atoms with Crippen molar-refractivity contribution in [3.05, 3.63) is 28.8 Å². The SMILES string of the molecule is CSc1nnc(SCc2ccc(Cl)cc2N)s1. The van der Waals surface area contributed by atoms with Crippen molar-refractivity contribution in [2.24, 2.45) is 0 Å². The van der Waals surface area contributed by atoms with E-state index < -0.39 is 0 Å². The number of nitrogens with zero attached hydrogens (tertiary/aromatic N) is 2. The fourth-order valence-electron chi connectivity index (χ4n) is 1.17. The highest BCUT2D eigenvalue weighted by atomic mass is 35.5. The molecular weight excluding hydrogens is 294 g/mol. The van der Waals surface area contributed by atoms with E-state index in [1.54, 1.807) is 40.9 Å². The molecule has 0 fully saturated rings. The lowest BCUT2D eigenvalue weighted by Crippen LogP contribution is -1.92. The summed E-state index contributed by atoms with van der Waals surface area (Å²) < 4.78 is 1.94. The van der Waals surface area contributed by atoms with Gasteiger partial charge in [0.05, 0.1) is 0 Å². The van der Waals surface area contributed by atoms with Gasteiger partial charge in [-0.25, -0.2) is 0 Å². The van der Waals surface area contributed by atoms with E-state index >= 15 is 0 Å². The van der Waals surface area contributed by atoms with E-state index in [0.717, 1.165) is 25.7 Å². The van der Waals surface area contributed by atoms with Gasteiger partial charge in [-0.15, -0.1) is 10.2 Å². The Bertz CT molecular complexity index is 515. The first-order valence-corrected chi connectivity index (χ1v) is 8.13. The molecule has 90 valence electrons. The summed E-state index contributed by atoms with van der Waals surface area (Å²) in [6.07, 6.45) is 1.99. The van der Waals surface area contributed by atoms with Crippen LogP contribution in [0.2, 0.25) is 5.02 Å². The van der Waals surface area contributed by atoms with E-state index in [1.807, 2.05) is 18.4 Å². The van der Waals surface area contributed by atoms with Gasteiger partial charge in [-0.05, 0) is 24.0 Å². The minimum Gasteiger partial charge on any atom is -0.398 e. The van der Waals surface area contributed by atoms with Crippen LogP contribution in [0.1, 0.15) is 5.56 Å². The monoisotopic (exact) mass is 303 g/mol. The smallest absolute Gasteiger partial charge is 0.175 e. The molecule has 2 aromatic rings. The normalized spacial score (nSPS) is 10.7. The summed E-state index contributed by atoms with van der Waals surface area (Å²) in [6.45, 7) is 0. The molecule has 0 amide bonds. The first-order chi connectivity index (χ1) is 8.19. The molecule has 0 spiro atoms. The van der Waals surface area contributed by atoms with Gasteiger partial charge in [0, 0.05) is 16.5 Å². The molecule has 0 aliphatic carbocycles. The van der Waals surface area contributed by atoms with Gasteiger partial charge in [0.1, 0.15) is 0 Å². The molecule has 0 bridgehead atoms. The lowest BCUT2D eigenvalue weighted by atomic mass is 10.2. The summed E-state index contributed by atoms with van der Waals surface area (Å²) in [5.74, 6) is 0.784. The average molecular weight is 304 g/mol. The van der Waals surface area contributed by atoms with Crippen LogP contribution in [0.25, 0.3) is 0 Å². The molecule has 17 heavy (non-hydrogen) atoms. The number of nitrogen functional groups attached to an aromatic ring is 1. The van der Waals surface area contributed by atoms with Crippen LogP contribution in [0.4, 0.5) is 5.69 Å². The first-order valence-electron chi connectivity index (χ1n) is 4.73. The Morgan fingerprint density at radius 2 is 2.12 bits per heavy atom. The predicted octanol–water partition coefficient (Wildman–Crippen LogP) is 3.79. The van der Waals surface area contributed by atoms with E-state index in [1.165, 1.54) is 0 Å². The highest BCUT2D eigenvalue weighted by Crippen LogP contribution is 2.31. The Labute approximate surface area is 117 Å². The van der Waals surface area contributed by atoms with E-state index in [2.05, 4.69) is 10.2 Å². The van der Waals surface area contributed by atoms with Gasteiger partial charge in [-0.1, -0.05) is 52.5 Å². The van der Waals surface area contributed by atoms with E-state index in [9.17, 15) is 0 Å². The third-order valence-corrected chi connectivity index (χ3v) is 5.34. The van der Waals surface area contributed by atoms with Gasteiger partial charge in [0.2, 0.25) is 0 Å². The molecule has 0 unspecified atom stereocenters. The van der Waals surface area contributed by atoms with Crippen LogP contribution in [0.5, 0.6) is 0 Å². The summed E-state index contributed by atoms with van der Waals surface area (Å²) in [4.78, 5) is 0. The van der Waals surface area contributed by atoms with Crippen LogP contribution in [0.3, 0.4) is 0 Å². The molecule has 2 N–H and O–H groups in total. The topological polar surface area (TPSA) is 51.8 Å². The predicted molar refractivity (Wildman–Crippen MR) is 77.1 cm³/mol. The Balaban J connectivity index is 2.02. The summed E-state index contributed by atoms with van der Waals surface area (Å²) >= 11 is 10.7. The second-order valence-electron chi connectivity index (χ2n) is 3.17. The number of thioether (sulfide) groups is 2. The molecule has 0 aliphatic heterocycles. The molecule has 2 rings (SSSR count). The van der Waals surface area contributed by atoms with Crippen LogP contribution < -0.4 is 5.73 Å². The van der Waals surface area contributed by atoms with Crippen molar-refractivity contribution in [3.63, 3.8) is 0 Å². The molecule has 0 atom stereocenters. The molecule has 1 aromatic carbocycles. The molecule has 3 nitrogen and oxygen atoms in total. The van der Waals surface area contributed by atoms with Gasteiger partial charge < -0.3 is 5.73 Å². The molecule has 0 saturated heterocycles. The fraction of sp³-hybridized carbons (Fsp3) is 0.200. The third kappa shape index (κ3) is 3.51. The second-order valence-corrected chi connectivity index (χ2v) is 6.86. The van der Waals surface area contributed by atoms with Gasteiger partial charge in [-0.3, -0.25) is 0 Å². The Morgan fingerprint density at radius 1 is 1.35 bits per heavy atom. The fourth-order valence-corrected chi connectivity index (χ4v) is 3.81. The van der Waals surface area contributed by atoms with Crippen LogP contribution in [-0.2, 0) is 5.75 Å². The number of hydrogen-bond acceptors (Lipinski definition) is 6. The lowest BCUT2D eigenvalue weighted by molar-refractivity contribution is 0.955. The zero-order chi connectivity index (χ0) is 12.3. The highest BCUT2D eigenvalue weighted by Gasteiger charge is 2.06. The number of anilines is 1. The standard InChI is InChI=1S/C10H10ClN3S3/c1-15-9-13-14-10(17-9)16-5-6-2-3-7(11)4-8(6)12/h2-4H,5,12H2,1H3. The van der Waals surface area contributed by atoms with Gasteiger partial charge in [0.25, 0.3) is 0 Å². The molecule has 1 aromatic heterocycles. The van der Waals surface area contributed by atoms with E-state index in [0.29, 0.717) is 5.02 Å². The minimum absolute atomic E-state index is 0.664. The minimum atomic E-state index is 0.664.